The third kappa shape index (κ3) is 4.32. The van der Waals surface area contributed by atoms with Crippen molar-refractivity contribution in [1.82, 2.24) is 10.2 Å². The average molecular weight is 260 g/mol. The Balaban J connectivity index is 2.03. The molecule has 1 fully saturated rings. The van der Waals surface area contributed by atoms with Crippen molar-refractivity contribution < 1.29 is 0 Å². The Morgan fingerprint density at radius 3 is 2.58 bits per heavy atom. The van der Waals surface area contributed by atoms with Crippen molar-refractivity contribution >= 4 is 0 Å². The van der Waals surface area contributed by atoms with E-state index in [1.165, 1.54) is 31.4 Å². The Labute approximate surface area is 118 Å². The summed E-state index contributed by atoms with van der Waals surface area (Å²) in [5.41, 5.74) is 1.46. The monoisotopic (exact) mass is 260 g/mol. The van der Waals surface area contributed by atoms with Gasteiger partial charge in [-0.2, -0.15) is 0 Å². The van der Waals surface area contributed by atoms with Crippen LogP contribution in [-0.4, -0.2) is 31.1 Å². The lowest BCUT2D eigenvalue weighted by molar-refractivity contribution is 0.198. The molecule has 0 amide bonds. The zero-order valence-electron chi connectivity index (χ0n) is 12.6. The van der Waals surface area contributed by atoms with Crippen LogP contribution in [0.4, 0.5) is 0 Å². The van der Waals surface area contributed by atoms with Gasteiger partial charge in [-0.3, -0.25) is 4.90 Å². The minimum absolute atomic E-state index is 0.545. The molecule has 1 aliphatic heterocycles. The third-order valence-electron chi connectivity index (χ3n) is 4.08. The number of nitrogens with zero attached hydrogens (tertiary/aromatic N) is 1. The summed E-state index contributed by atoms with van der Waals surface area (Å²) in [4.78, 5) is 2.54. The number of rotatable bonds is 6. The molecule has 0 aliphatic carbocycles. The van der Waals surface area contributed by atoms with Crippen molar-refractivity contribution in [2.24, 2.45) is 5.92 Å². The molecule has 106 valence electrons. The maximum absolute atomic E-state index is 3.61. The quantitative estimate of drug-likeness (QED) is 0.842. The number of nitrogens with one attached hydrogen (secondary N) is 1. The molecule has 1 aromatic carbocycles. The molecule has 2 heteroatoms. The normalized spacial score (nSPS) is 21.2. The van der Waals surface area contributed by atoms with Gasteiger partial charge in [0.05, 0.1) is 0 Å². The first-order chi connectivity index (χ1) is 9.16. The highest BCUT2D eigenvalue weighted by Gasteiger charge is 2.22. The van der Waals surface area contributed by atoms with Crippen molar-refractivity contribution in [3.05, 3.63) is 35.9 Å². The van der Waals surface area contributed by atoms with Crippen LogP contribution in [0.1, 0.15) is 44.7 Å². The number of hydrogen-bond donors (Lipinski definition) is 1. The lowest BCUT2D eigenvalue weighted by Gasteiger charge is -2.32. The van der Waals surface area contributed by atoms with Crippen LogP contribution in [0, 0.1) is 5.92 Å². The Hall–Kier alpha value is -0.860. The van der Waals surface area contributed by atoms with Crippen LogP contribution in [0.15, 0.2) is 30.3 Å². The molecule has 0 saturated carbocycles. The minimum Gasteiger partial charge on any atom is -0.313 e. The highest BCUT2D eigenvalue weighted by Crippen LogP contribution is 2.27. The summed E-state index contributed by atoms with van der Waals surface area (Å²) in [5.74, 6) is 0.726. The summed E-state index contributed by atoms with van der Waals surface area (Å²) in [6, 6.07) is 12.2. The summed E-state index contributed by atoms with van der Waals surface area (Å²) in [6.45, 7) is 6.99. The molecular formula is C17H28N2. The van der Waals surface area contributed by atoms with Gasteiger partial charge in [-0.05, 0) is 44.3 Å². The summed E-state index contributed by atoms with van der Waals surface area (Å²) in [5, 5.41) is 3.61. The van der Waals surface area contributed by atoms with Crippen LogP contribution in [0.25, 0.3) is 0 Å². The molecule has 0 bridgehead atoms. The minimum atomic E-state index is 0.545. The molecule has 1 N–H and O–H groups in total. The van der Waals surface area contributed by atoms with E-state index in [1.807, 2.05) is 0 Å². The van der Waals surface area contributed by atoms with E-state index in [4.69, 9.17) is 0 Å². The maximum Gasteiger partial charge on any atom is 0.0348 e. The number of hydrogen-bond acceptors (Lipinski definition) is 2. The van der Waals surface area contributed by atoms with E-state index in [2.05, 4.69) is 61.4 Å². The Bertz CT molecular complexity index is 355. The fraction of sp³-hybridized carbons (Fsp3) is 0.647. The average Bonchev–Trinajstić information content (AvgIpc) is 2.89. The van der Waals surface area contributed by atoms with Crippen LogP contribution in [0.2, 0.25) is 0 Å². The molecule has 1 aliphatic rings. The van der Waals surface area contributed by atoms with Crippen LogP contribution < -0.4 is 5.32 Å². The summed E-state index contributed by atoms with van der Waals surface area (Å²) >= 11 is 0. The first-order valence-electron chi connectivity index (χ1n) is 7.65. The summed E-state index contributed by atoms with van der Waals surface area (Å²) < 4.78 is 0. The Morgan fingerprint density at radius 1 is 1.26 bits per heavy atom. The van der Waals surface area contributed by atoms with Gasteiger partial charge in [0.15, 0.2) is 0 Å². The van der Waals surface area contributed by atoms with E-state index in [1.54, 1.807) is 0 Å². The van der Waals surface area contributed by atoms with Gasteiger partial charge in [0, 0.05) is 18.6 Å². The van der Waals surface area contributed by atoms with Crippen LogP contribution in [-0.2, 0) is 0 Å². The zero-order chi connectivity index (χ0) is 13.7. The second-order valence-electron chi connectivity index (χ2n) is 6.29. The molecule has 0 spiro atoms. The van der Waals surface area contributed by atoms with Gasteiger partial charge in [-0.25, -0.2) is 0 Å². The van der Waals surface area contributed by atoms with E-state index in [0.717, 1.165) is 12.5 Å². The molecule has 2 unspecified atom stereocenters. The summed E-state index contributed by atoms with van der Waals surface area (Å²) in [7, 11) is 2.28. The van der Waals surface area contributed by atoms with Gasteiger partial charge < -0.3 is 5.32 Å². The fourth-order valence-corrected chi connectivity index (χ4v) is 3.08. The van der Waals surface area contributed by atoms with Crippen molar-refractivity contribution in [2.75, 3.05) is 20.1 Å². The predicted octanol–water partition coefficient (Wildman–Crippen LogP) is 3.46. The predicted molar refractivity (Wildman–Crippen MR) is 82.3 cm³/mol. The molecule has 2 atom stereocenters. The van der Waals surface area contributed by atoms with Crippen LogP contribution >= 0.6 is 0 Å². The number of likely N-dealkylation sites (N-methyl/N-ethyl adjacent to an activating group) is 1. The standard InChI is InChI=1S/C17H28N2/c1-14(2)12-17(15-8-5-4-6-9-15)19(3)13-16-10-7-11-18-16/h4-6,8-9,14,16-18H,7,10-13H2,1-3H3. The van der Waals surface area contributed by atoms with Crippen molar-refractivity contribution in [3.8, 4) is 0 Å². The maximum atomic E-state index is 3.61. The Kier molecular flexibility index (Phi) is 5.41. The first-order valence-corrected chi connectivity index (χ1v) is 7.65. The SMILES string of the molecule is CC(C)CC(c1ccccc1)N(C)CC1CCCN1. The highest BCUT2D eigenvalue weighted by atomic mass is 15.2. The smallest absolute Gasteiger partial charge is 0.0348 e. The van der Waals surface area contributed by atoms with Gasteiger partial charge in [0.1, 0.15) is 0 Å². The second kappa shape index (κ2) is 7.06. The fourth-order valence-electron chi connectivity index (χ4n) is 3.08. The van der Waals surface area contributed by atoms with E-state index >= 15 is 0 Å². The molecule has 1 heterocycles. The van der Waals surface area contributed by atoms with Gasteiger partial charge in [-0.1, -0.05) is 44.2 Å². The zero-order valence-corrected chi connectivity index (χ0v) is 12.6. The molecule has 1 aromatic rings. The molecule has 0 aromatic heterocycles. The van der Waals surface area contributed by atoms with Gasteiger partial charge in [0.2, 0.25) is 0 Å². The van der Waals surface area contributed by atoms with E-state index in [-0.39, 0.29) is 0 Å². The van der Waals surface area contributed by atoms with Gasteiger partial charge in [-0.15, -0.1) is 0 Å². The molecular weight excluding hydrogens is 232 g/mol. The van der Waals surface area contributed by atoms with Crippen molar-refractivity contribution in [3.63, 3.8) is 0 Å². The van der Waals surface area contributed by atoms with E-state index < -0.39 is 0 Å². The first kappa shape index (κ1) is 14.5. The molecule has 2 nitrogen and oxygen atoms in total. The Morgan fingerprint density at radius 2 is 2.00 bits per heavy atom. The van der Waals surface area contributed by atoms with Crippen LogP contribution in [0.3, 0.4) is 0 Å². The van der Waals surface area contributed by atoms with Crippen molar-refractivity contribution in [1.29, 1.82) is 0 Å². The van der Waals surface area contributed by atoms with E-state index in [0.29, 0.717) is 12.1 Å². The molecule has 1 saturated heterocycles. The van der Waals surface area contributed by atoms with Gasteiger partial charge >= 0.3 is 0 Å². The van der Waals surface area contributed by atoms with Crippen molar-refractivity contribution in [2.45, 2.75) is 45.2 Å². The topological polar surface area (TPSA) is 15.3 Å². The van der Waals surface area contributed by atoms with Gasteiger partial charge in [0.25, 0.3) is 0 Å². The largest absolute Gasteiger partial charge is 0.313 e. The lowest BCUT2D eigenvalue weighted by Crippen LogP contribution is -2.37. The lowest BCUT2D eigenvalue weighted by atomic mass is 9.95. The number of benzene rings is 1. The highest BCUT2D eigenvalue weighted by molar-refractivity contribution is 5.19. The second-order valence-corrected chi connectivity index (χ2v) is 6.29. The molecule has 19 heavy (non-hydrogen) atoms. The summed E-state index contributed by atoms with van der Waals surface area (Å²) in [6.07, 6.45) is 3.89. The van der Waals surface area contributed by atoms with Crippen LogP contribution in [0.5, 0.6) is 0 Å². The molecule has 2 rings (SSSR count). The third-order valence-corrected chi connectivity index (χ3v) is 4.08. The molecule has 0 radical (unpaired) electrons. The van der Waals surface area contributed by atoms with E-state index in [9.17, 15) is 0 Å².